The summed E-state index contributed by atoms with van der Waals surface area (Å²) in [6, 6.07) is -0.775. The van der Waals surface area contributed by atoms with Gasteiger partial charge in [-0.05, 0) is 20.8 Å². The van der Waals surface area contributed by atoms with Gasteiger partial charge in [0, 0.05) is 25.1 Å². The number of nitrogens with zero attached hydrogens (tertiary/aromatic N) is 1. The number of hydrogen-bond acceptors (Lipinski definition) is 6. The molecule has 0 aliphatic rings. The topological polar surface area (TPSA) is 93.5 Å². The van der Waals surface area contributed by atoms with Crippen LogP contribution in [-0.4, -0.2) is 36.7 Å². The van der Waals surface area contributed by atoms with Crippen LogP contribution in [0.1, 0.15) is 36.9 Å². The summed E-state index contributed by atoms with van der Waals surface area (Å²) in [7, 11) is 1.29. The molecule has 2 unspecified atom stereocenters. The molecule has 1 aromatic heterocycles. The van der Waals surface area contributed by atoms with Crippen LogP contribution in [-0.2, 0) is 14.3 Å². The average molecular weight is 283 g/mol. The van der Waals surface area contributed by atoms with Gasteiger partial charge >= 0.3 is 5.97 Å². The third-order valence-electron chi connectivity index (χ3n) is 3.01. The van der Waals surface area contributed by atoms with E-state index in [0.717, 1.165) is 17.0 Å². The second-order valence-electron chi connectivity index (χ2n) is 4.64. The Bertz CT molecular complexity index is 464. The van der Waals surface area contributed by atoms with Crippen molar-refractivity contribution in [3.05, 3.63) is 17.0 Å². The fraction of sp³-hybridized carbons (Fsp3) is 0.615. The minimum atomic E-state index is -0.722. The van der Waals surface area contributed by atoms with Crippen molar-refractivity contribution in [3.63, 3.8) is 0 Å². The first-order chi connectivity index (χ1) is 9.36. The zero-order valence-corrected chi connectivity index (χ0v) is 12.4. The highest BCUT2D eigenvalue weighted by molar-refractivity contribution is 5.83. The van der Waals surface area contributed by atoms with Gasteiger partial charge in [0.2, 0.25) is 5.91 Å². The van der Waals surface area contributed by atoms with Crippen LogP contribution in [0.25, 0.3) is 0 Å². The average Bonchev–Trinajstić information content (AvgIpc) is 2.72. The Morgan fingerprint density at radius 3 is 2.50 bits per heavy atom. The van der Waals surface area contributed by atoms with Gasteiger partial charge in [-0.15, -0.1) is 0 Å². The Morgan fingerprint density at radius 1 is 1.40 bits per heavy atom. The number of ether oxygens (including phenoxy) is 1. The Hall–Kier alpha value is -1.89. The van der Waals surface area contributed by atoms with E-state index in [1.165, 1.54) is 14.0 Å². The highest BCUT2D eigenvalue weighted by atomic mass is 16.5. The summed E-state index contributed by atoms with van der Waals surface area (Å²) in [6.07, 6.45) is 0. The molecule has 0 bridgehead atoms. The monoisotopic (exact) mass is 283 g/mol. The molecule has 0 aliphatic heterocycles. The van der Waals surface area contributed by atoms with E-state index in [1.807, 2.05) is 20.8 Å². The minimum Gasteiger partial charge on any atom is -0.467 e. The summed E-state index contributed by atoms with van der Waals surface area (Å²) in [6.45, 7) is 7.24. The molecule has 0 saturated carbocycles. The Kier molecular flexibility index (Phi) is 5.69. The van der Waals surface area contributed by atoms with Gasteiger partial charge in [0.15, 0.2) is 0 Å². The molecule has 112 valence electrons. The summed E-state index contributed by atoms with van der Waals surface area (Å²) >= 11 is 0. The van der Waals surface area contributed by atoms with Crippen molar-refractivity contribution in [2.75, 3.05) is 13.7 Å². The largest absolute Gasteiger partial charge is 0.467 e. The van der Waals surface area contributed by atoms with Crippen molar-refractivity contribution in [1.82, 2.24) is 15.8 Å². The maximum atomic E-state index is 11.6. The van der Waals surface area contributed by atoms with Crippen LogP contribution in [0.4, 0.5) is 0 Å². The SMILES string of the molecule is COC(=O)C(CNC(C)c1c(C)noc1C)NC(C)=O. The van der Waals surface area contributed by atoms with E-state index in [-0.39, 0.29) is 18.5 Å². The van der Waals surface area contributed by atoms with E-state index in [9.17, 15) is 9.59 Å². The smallest absolute Gasteiger partial charge is 0.329 e. The highest BCUT2D eigenvalue weighted by Gasteiger charge is 2.22. The molecule has 20 heavy (non-hydrogen) atoms. The molecule has 1 heterocycles. The number of amides is 1. The predicted octanol–water partition coefficient (Wildman–Crippen LogP) is 0.620. The normalized spacial score (nSPS) is 13.7. The van der Waals surface area contributed by atoms with E-state index in [0.29, 0.717) is 0 Å². The molecule has 1 rings (SSSR count). The van der Waals surface area contributed by atoms with Crippen LogP contribution in [0.15, 0.2) is 4.52 Å². The molecule has 0 radical (unpaired) electrons. The van der Waals surface area contributed by atoms with Crippen molar-refractivity contribution in [2.45, 2.75) is 39.8 Å². The van der Waals surface area contributed by atoms with Gasteiger partial charge in [-0.1, -0.05) is 5.16 Å². The molecular weight excluding hydrogens is 262 g/mol. The van der Waals surface area contributed by atoms with Crippen molar-refractivity contribution < 1.29 is 18.8 Å². The number of aryl methyl sites for hydroxylation is 2. The number of rotatable bonds is 6. The van der Waals surface area contributed by atoms with Gasteiger partial charge in [0.05, 0.1) is 12.8 Å². The van der Waals surface area contributed by atoms with Crippen molar-refractivity contribution in [1.29, 1.82) is 0 Å². The van der Waals surface area contributed by atoms with Crippen molar-refractivity contribution in [3.8, 4) is 0 Å². The van der Waals surface area contributed by atoms with Gasteiger partial charge < -0.3 is 19.9 Å². The van der Waals surface area contributed by atoms with Crippen molar-refractivity contribution in [2.24, 2.45) is 0 Å². The van der Waals surface area contributed by atoms with Crippen LogP contribution in [0.3, 0.4) is 0 Å². The Labute approximate surface area is 118 Å². The standard InChI is InChI=1S/C13H21N3O4/c1-7(12-8(2)16-20-9(12)3)14-6-11(13(18)19-5)15-10(4)17/h7,11,14H,6H2,1-5H3,(H,15,17). The zero-order valence-electron chi connectivity index (χ0n) is 12.4. The van der Waals surface area contributed by atoms with Gasteiger partial charge in [-0.25, -0.2) is 4.79 Å². The summed E-state index contributed by atoms with van der Waals surface area (Å²) < 4.78 is 9.76. The van der Waals surface area contributed by atoms with Crippen LogP contribution in [0.2, 0.25) is 0 Å². The lowest BCUT2D eigenvalue weighted by Crippen LogP contribution is -2.47. The van der Waals surface area contributed by atoms with E-state index < -0.39 is 12.0 Å². The molecule has 1 aromatic rings. The van der Waals surface area contributed by atoms with Gasteiger partial charge in [-0.3, -0.25) is 4.79 Å². The second kappa shape index (κ2) is 7.04. The molecular formula is C13H21N3O4. The number of carbonyl (C=O) groups excluding carboxylic acids is 2. The van der Waals surface area contributed by atoms with Gasteiger partial charge in [-0.2, -0.15) is 0 Å². The van der Waals surface area contributed by atoms with Crippen LogP contribution in [0, 0.1) is 13.8 Å². The summed E-state index contributed by atoms with van der Waals surface area (Å²) in [4.78, 5) is 22.7. The third-order valence-corrected chi connectivity index (χ3v) is 3.01. The van der Waals surface area contributed by atoms with Crippen LogP contribution >= 0.6 is 0 Å². The lowest BCUT2D eigenvalue weighted by molar-refractivity contribution is -0.144. The third kappa shape index (κ3) is 4.06. The van der Waals surface area contributed by atoms with Crippen molar-refractivity contribution >= 4 is 11.9 Å². The molecule has 0 aliphatic carbocycles. The Morgan fingerprint density at radius 2 is 2.05 bits per heavy atom. The van der Waals surface area contributed by atoms with Crippen LogP contribution in [0.5, 0.6) is 0 Å². The first-order valence-corrected chi connectivity index (χ1v) is 6.37. The Balaban J connectivity index is 2.67. The summed E-state index contributed by atoms with van der Waals surface area (Å²) in [5.74, 6) is -0.0394. The second-order valence-corrected chi connectivity index (χ2v) is 4.64. The fourth-order valence-corrected chi connectivity index (χ4v) is 2.09. The quantitative estimate of drug-likeness (QED) is 0.743. The molecule has 0 spiro atoms. The molecule has 0 aromatic carbocycles. The van der Waals surface area contributed by atoms with E-state index >= 15 is 0 Å². The maximum absolute atomic E-state index is 11.6. The highest BCUT2D eigenvalue weighted by Crippen LogP contribution is 2.20. The maximum Gasteiger partial charge on any atom is 0.329 e. The number of nitrogens with one attached hydrogen (secondary N) is 2. The molecule has 7 heteroatoms. The number of aromatic nitrogens is 1. The number of esters is 1. The molecule has 2 atom stereocenters. The first-order valence-electron chi connectivity index (χ1n) is 6.37. The molecule has 1 amide bonds. The lowest BCUT2D eigenvalue weighted by Gasteiger charge is -2.19. The summed E-state index contributed by atoms with van der Waals surface area (Å²) in [5, 5.41) is 9.60. The molecule has 0 saturated heterocycles. The van der Waals surface area contributed by atoms with E-state index in [4.69, 9.17) is 4.52 Å². The number of methoxy groups -OCH3 is 1. The van der Waals surface area contributed by atoms with E-state index in [1.54, 1.807) is 0 Å². The van der Waals surface area contributed by atoms with Crippen LogP contribution < -0.4 is 10.6 Å². The molecule has 0 fully saturated rings. The fourth-order valence-electron chi connectivity index (χ4n) is 2.09. The summed E-state index contributed by atoms with van der Waals surface area (Å²) in [5.41, 5.74) is 1.76. The lowest BCUT2D eigenvalue weighted by atomic mass is 10.1. The number of carbonyl (C=O) groups is 2. The van der Waals surface area contributed by atoms with Gasteiger partial charge in [0.25, 0.3) is 0 Å². The van der Waals surface area contributed by atoms with E-state index in [2.05, 4.69) is 20.5 Å². The predicted molar refractivity (Wildman–Crippen MR) is 72.0 cm³/mol. The molecule has 2 N–H and O–H groups in total. The first kappa shape index (κ1) is 16.2. The number of hydrogen-bond donors (Lipinski definition) is 2. The zero-order chi connectivity index (χ0) is 15.3. The molecule has 7 nitrogen and oxygen atoms in total. The van der Waals surface area contributed by atoms with Gasteiger partial charge in [0.1, 0.15) is 11.8 Å². The minimum absolute atomic E-state index is 0.0536.